The van der Waals surface area contributed by atoms with Gasteiger partial charge < -0.3 is 19.4 Å². The van der Waals surface area contributed by atoms with Crippen LogP contribution in [0, 0.1) is 20.8 Å². The maximum atomic E-state index is 11.0. The van der Waals surface area contributed by atoms with Gasteiger partial charge in [-0.2, -0.15) is 12.8 Å². The van der Waals surface area contributed by atoms with E-state index in [4.69, 9.17) is 0 Å². The molecule has 3 heteroatoms. The molecule has 0 bridgehead atoms. The van der Waals surface area contributed by atoms with Gasteiger partial charge in [-0.25, -0.2) is 4.70 Å². The average molecular weight is 858 g/mol. The van der Waals surface area contributed by atoms with E-state index in [1.54, 1.807) is 0 Å². The Kier molecular flexibility index (Phi) is 38.3. The minimum atomic E-state index is 0. The van der Waals surface area contributed by atoms with Crippen LogP contribution < -0.4 is 0 Å². The summed E-state index contributed by atoms with van der Waals surface area (Å²) in [5.74, 6) is 0. The third-order valence-corrected chi connectivity index (χ3v) is 10.6. The molecule has 56 heavy (non-hydrogen) atoms. The average Bonchev–Trinajstić information content (AvgIpc) is 3.59. The molecule has 0 spiro atoms. The Bertz CT molecular complexity index is 1260. The van der Waals surface area contributed by atoms with Crippen molar-refractivity contribution in [2.45, 2.75) is 214 Å². The number of nitrogens with zero attached hydrogens (tertiary/aromatic N) is 2. The van der Waals surface area contributed by atoms with Crippen molar-refractivity contribution in [1.82, 2.24) is 0 Å². The van der Waals surface area contributed by atoms with Gasteiger partial charge in [0.2, 0.25) is 11.4 Å². The van der Waals surface area contributed by atoms with Gasteiger partial charge in [-0.1, -0.05) is 216 Å². The molecule has 0 saturated carbocycles. The van der Waals surface area contributed by atoms with Crippen molar-refractivity contribution in [2.24, 2.45) is 0 Å². The topological polar surface area (TPSA) is 25.3 Å². The molecule has 0 saturated heterocycles. The van der Waals surface area contributed by atoms with Crippen LogP contribution in [0.1, 0.15) is 223 Å². The van der Waals surface area contributed by atoms with E-state index in [1.165, 1.54) is 176 Å². The quantitative estimate of drug-likeness (QED) is 0.0246. The summed E-state index contributed by atoms with van der Waals surface area (Å²) in [6.07, 6.45) is 47.7. The first-order valence-electron chi connectivity index (χ1n) is 23.3. The molecule has 0 unspecified atom stereocenters. The molecule has 0 amide bonds. The van der Waals surface area contributed by atoms with Gasteiger partial charge in [0.25, 0.3) is 0 Å². The van der Waals surface area contributed by atoms with E-state index in [2.05, 4.69) is 90.1 Å². The van der Waals surface area contributed by atoms with Crippen LogP contribution in [0.15, 0.2) is 72.8 Å². The molecular formula is C53H86N2Pd. The molecule has 2 nitrogen and oxygen atoms in total. The number of aryl methyl sites for hydroxylation is 2. The minimum Gasteiger partial charge on any atom is -0.493 e. The molecule has 3 rings (SSSR count). The van der Waals surface area contributed by atoms with Crippen molar-refractivity contribution in [3.63, 3.8) is 0 Å². The van der Waals surface area contributed by atoms with E-state index >= 15 is 0 Å². The first kappa shape index (κ1) is 53.9. The predicted molar refractivity (Wildman–Crippen MR) is 247 cm³/mol. The molecule has 0 aromatic heterocycles. The van der Waals surface area contributed by atoms with Gasteiger partial charge in [-0.05, 0) is 56.4 Å². The van der Waals surface area contributed by atoms with Gasteiger partial charge in [-0.15, -0.1) is 0 Å². The summed E-state index contributed by atoms with van der Waals surface area (Å²) in [6.45, 7) is 16.5. The molecule has 318 valence electrons. The minimum absolute atomic E-state index is 0. The van der Waals surface area contributed by atoms with Crippen LogP contribution in [0.3, 0.4) is 0 Å². The van der Waals surface area contributed by atoms with Crippen molar-refractivity contribution in [2.75, 3.05) is 0 Å². The normalized spacial score (nSPS) is 12.1. The summed E-state index contributed by atoms with van der Waals surface area (Å²) in [4.78, 5) is 0. The summed E-state index contributed by atoms with van der Waals surface area (Å²) in [6, 6.07) is 16.7. The second kappa shape index (κ2) is 39.7. The van der Waals surface area contributed by atoms with Crippen LogP contribution >= 0.6 is 0 Å². The Hall–Kier alpha value is -2.08. The van der Waals surface area contributed by atoms with E-state index in [9.17, 15) is 5.53 Å². The van der Waals surface area contributed by atoms with Gasteiger partial charge >= 0.3 is 20.4 Å². The van der Waals surface area contributed by atoms with Crippen LogP contribution in [-0.2, 0) is 26.8 Å². The third-order valence-electron chi connectivity index (χ3n) is 10.6. The Balaban J connectivity index is 0.00000132. The van der Waals surface area contributed by atoms with Gasteiger partial charge in [0.15, 0.2) is 0 Å². The van der Waals surface area contributed by atoms with E-state index in [-0.39, 0.29) is 20.4 Å². The molecule has 0 fully saturated rings. The number of hydrogen-bond donors (Lipinski definition) is 0. The van der Waals surface area contributed by atoms with E-state index in [0.29, 0.717) is 0 Å². The fraction of sp³-hybridized carbons (Fsp3) is 0.623. The number of benzene rings is 2. The van der Waals surface area contributed by atoms with Gasteiger partial charge in [-0.3, -0.25) is 0 Å². The van der Waals surface area contributed by atoms with Crippen LogP contribution in [0.5, 0.6) is 0 Å². The fourth-order valence-electron chi connectivity index (χ4n) is 7.14. The summed E-state index contributed by atoms with van der Waals surface area (Å²) >= 11 is 0. The molecule has 0 radical (unpaired) electrons. The van der Waals surface area contributed by atoms with Crippen molar-refractivity contribution in [1.29, 1.82) is 0 Å². The third kappa shape index (κ3) is 27.5. The summed E-state index contributed by atoms with van der Waals surface area (Å²) in [7, 11) is 0. The van der Waals surface area contributed by atoms with Gasteiger partial charge in [0.1, 0.15) is 0 Å². The number of rotatable bonds is 30. The van der Waals surface area contributed by atoms with Gasteiger partial charge in [0.05, 0.1) is 0 Å². The van der Waals surface area contributed by atoms with Crippen LogP contribution in [0.25, 0.3) is 16.9 Å². The molecular weight excluding hydrogens is 771 g/mol. The van der Waals surface area contributed by atoms with Gasteiger partial charge in [0, 0.05) is 23.3 Å². The molecule has 1 aliphatic rings. The van der Waals surface area contributed by atoms with Crippen molar-refractivity contribution < 1.29 is 25.1 Å². The Morgan fingerprint density at radius 2 is 0.964 bits per heavy atom. The predicted octanol–water partition coefficient (Wildman–Crippen LogP) is 18.1. The van der Waals surface area contributed by atoms with E-state index < -0.39 is 0 Å². The molecule has 1 aliphatic heterocycles. The maximum absolute atomic E-state index is 11.0. The van der Waals surface area contributed by atoms with Crippen LogP contribution in [-0.4, -0.2) is 4.70 Å². The standard InChI is InChI=1S/C35H48N2.2C9H19.Pd/c1-3-4-5-6-7-8-9-10-11-12-13-14-15-16-17-18-23-31-24-19-20-26-33(31)35-28-27-34(37(35)36)32-25-21-22-30(2)29-32;2*1-3-5-7-9-8-6-4-2;/h16-17,19-22,24-29H,3-15,18,23H2,1-2H3;2*1,3-9H2,2H3;/q;2*-1;+2. The van der Waals surface area contributed by atoms with E-state index in [1.807, 2.05) is 24.3 Å². The smallest absolute Gasteiger partial charge is 0.493 e. The number of hydrogen-bond acceptors (Lipinski definition) is 0. The van der Waals surface area contributed by atoms with Crippen molar-refractivity contribution in [3.05, 3.63) is 114 Å². The second-order valence-electron chi connectivity index (χ2n) is 15.9. The summed E-state index contributed by atoms with van der Waals surface area (Å²) < 4.78 is 1.34. The fourth-order valence-corrected chi connectivity index (χ4v) is 7.14. The number of allylic oxidation sites excluding steroid dienone is 4. The molecule has 2 aromatic carbocycles. The Morgan fingerprint density at radius 1 is 0.518 bits per heavy atom. The molecule has 0 N–H and O–H groups in total. The second-order valence-corrected chi connectivity index (χ2v) is 15.9. The summed E-state index contributed by atoms with van der Waals surface area (Å²) in [5, 5.41) is 0. The zero-order chi connectivity index (χ0) is 40.0. The van der Waals surface area contributed by atoms with Crippen molar-refractivity contribution >= 4 is 11.4 Å². The Labute approximate surface area is 363 Å². The first-order valence-corrected chi connectivity index (χ1v) is 23.3. The number of unbranched alkanes of at least 4 members (excludes halogenated alkanes) is 24. The zero-order valence-corrected chi connectivity index (χ0v) is 38.6. The molecule has 0 atom stereocenters. The first-order chi connectivity index (χ1) is 27.0. The SMILES string of the molecule is CCCCCCCCCCCCCCC=CCCc1ccccc1C1=CC=C(c2cccc(C)c2)[N+]1=[N-].[CH2-]CCCCCCCC.[CH2-]CCCCCCCC.[Pd+2]. The maximum Gasteiger partial charge on any atom is 2.00 e. The zero-order valence-electron chi connectivity index (χ0n) is 37.1. The van der Waals surface area contributed by atoms with Crippen LogP contribution in [0.2, 0.25) is 0 Å². The molecule has 1 heterocycles. The monoisotopic (exact) mass is 857 g/mol. The Morgan fingerprint density at radius 3 is 1.46 bits per heavy atom. The van der Waals surface area contributed by atoms with Crippen LogP contribution in [0.4, 0.5) is 0 Å². The van der Waals surface area contributed by atoms with Crippen molar-refractivity contribution in [3.8, 4) is 0 Å². The molecule has 0 aliphatic carbocycles. The van der Waals surface area contributed by atoms with E-state index in [0.717, 1.165) is 48.2 Å². The summed E-state index contributed by atoms with van der Waals surface area (Å²) in [5.41, 5.74) is 17.3. The largest absolute Gasteiger partial charge is 2.00 e. The molecule has 2 aromatic rings.